The van der Waals surface area contributed by atoms with E-state index in [4.69, 9.17) is 0 Å². The van der Waals surface area contributed by atoms with Crippen LogP contribution in [0.4, 0.5) is 13.2 Å². The predicted octanol–water partition coefficient (Wildman–Crippen LogP) is 3.16. The number of aromatic nitrogens is 4. The number of rotatable bonds is 4. The summed E-state index contributed by atoms with van der Waals surface area (Å²) in [6, 6.07) is 4.41. The zero-order valence-electron chi connectivity index (χ0n) is 15.1. The Morgan fingerprint density at radius 3 is 2.59 bits per heavy atom. The lowest BCUT2D eigenvalue weighted by atomic mass is 9.99. The molecule has 1 saturated carbocycles. The van der Waals surface area contributed by atoms with Gasteiger partial charge in [-0.05, 0) is 24.5 Å². The van der Waals surface area contributed by atoms with Crippen molar-refractivity contribution < 1.29 is 21.6 Å². The Bertz CT molecular complexity index is 1270. The molecule has 0 aromatic carbocycles. The van der Waals surface area contributed by atoms with Gasteiger partial charge >= 0.3 is 6.18 Å². The van der Waals surface area contributed by atoms with E-state index in [1.54, 1.807) is 0 Å². The average molecular weight is 421 g/mol. The van der Waals surface area contributed by atoms with Gasteiger partial charge in [0.1, 0.15) is 29.1 Å². The molecule has 29 heavy (non-hydrogen) atoms. The van der Waals surface area contributed by atoms with Crippen LogP contribution >= 0.6 is 0 Å². The van der Waals surface area contributed by atoms with Crippen molar-refractivity contribution in [3.63, 3.8) is 0 Å². The van der Waals surface area contributed by atoms with E-state index in [0.717, 1.165) is 12.4 Å². The first-order valence-corrected chi connectivity index (χ1v) is 10.3. The topological polar surface area (TPSA) is 101 Å². The second-order valence-electron chi connectivity index (χ2n) is 6.83. The Balaban J connectivity index is 1.89. The molecule has 0 unspecified atom stereocenters. The minimum Gasteiger partial charge on any atom is -0.290 e. The van der Waals surface area contributed by atoms with Gasteiger partial charge in [-0.15, -0.1) is 0 Å². The smallest absolute Gasteiger partial charge is 0.290 e. The highest BCUT2D eigenvalue weighted by molar-refractivity contribution is 7.91. The van der Waals surface area contributed by atoms with Gasteiger partial charge in [-0.1, -0.05) is 6.92 Å². The van der Waals surface area contributed by atoms with Crippen LogP contribution in [-0.2, 0) is 21.4 Å². The van der Waals surface area contributed by atoms with E-state index < -0.39 is 27.1 Å². The van der Waals surface area contributed by atoms with Gasteiger partial charge in [-0.2, -0.15) is 18.4 Å². The quantitative estimate of drug-likeness (QED) is 0.641. The number of hydrogen-bond acceptors (Lipinski definition) is 6. The molecule has 0 aliphatic heterocycles. The fourth-order valence-corrected chi connectivity index (χ4v) is 4.11. The molecular formula is C18H14F3N5O2S. The number of hydrogen-bond donors (Lipinski definition) is 0. The summed E-state index contributed by atoms with van der Waals surface area (Å²) in [7, 11) is -3.73. The van der Waals surface area contributed by atoms with Crippen LogP contribution in [0.2, 0.25) is 0 Å². The average Bonchev–Trinajstić information content (AvgIpc) is 3.38. The summed E-state index contributed by atoms with van der Waals surface area (Å²) in [6.07, 6.45) is 0.388. The summed E-state index contributed by atoms with van der Waals surface area (Å²) in [6.45, 7) is 1.48. The molecule has 3 aromatic rings. The van der Waals surface area contributed by atoms with Crippen molar-refractivity contribution in [2.45, 2.75) is 36.3 Å². The van der Waals surface area contributed by atoms with Crippen LogP contribution in [0.5, 0.6) is 0 Å². The summed E-state index contributed by atoms with van der Waals surface area (Å²) in [5.41, 5.74) is -1.22. The number of halogens is 3. The first-order chi connectivity index (χ1) is 13.6. The zero-order valence-corrected chi connectivity index (χ0v) is 15.9. The lowest BCUT2D eigenvalue weighted by molar-refractivity contribution is -0.141. The predicted molar refractivity (Wildman–Crippen MR) is 95.5 cm³/mol. The lowest BCUT2D eigenvalue weighted by Crippen LogP contribution is -2.11. The molecule has 4 rings (SSSR count). The fraction of sp³-hybridized carbons (Fsp3) is 0.333. The third-order valence-electron chi connectivity index (χ3n) is 4.97. The molecule has 0 amide bonds. The summed E-state index contributed by atoms with van der Waals surface area (Å²) in [4.78, 5) is 11.6. The van der Waals surface area contributed by atoms with E-state index in [2.05, 4.69) is 21.0 Å². The van der Waals surface area contributed by atoms with Crippen LogP contribution in [0.15, 0.2) is 35.7 Å². The molecule has 1 aliphatic rings. The molecule has 0 atom stereocenters. The number of alkyl halides is 3. The van der Waals surface area contributed by atoms with Crippen LogP contribution in [-0.4, -0.2) is 33.5 Å². The van der Waals surface area contributed by atoms with Gasteiger partial charge in [0.05, 0.1) is 22.1 Å². The van der Waals surface area contributed by atoms with Gasteiger partial charge in [-0.3, -0.25) is 9.38 Å². The molecule has 3 aromatic heterocycles. The van der Waals surface area contributed by atoms with E-state index in [0.29, 0.717) is 18.4 Å². The largest absolute Gasteiger partial charge is 0.433 e. The first-order valence-electron chi connectivity index (χ1n) is 8.66. The standard InChI is InChI=1S/C18H14F3N5O2S/c1-2-29(27,28)13-5-11(17(9-22)3-4-17)7-23-16(13)12-8-26-10-24-14(18(19,20)21)6-15(26)25-12/h5-8,10H,2-4H2,1H3. The number of pyridine rings is 1. The number of fused-ring (bicyclic) bond motifs is 1. The lowest BCUT2D eigenvalue weighted by Gasteiger charge is -2.11. The summed E-state index contributed by atoms with van der Waals surface area (Å²) in [5, 5.41) is 9.39. The van der Waals surface area contributed by atoms with Crippen molar-refractivity contribution in [1.29, 1.82) is 5.26 Å². The third kappa shape index (κ3) is 3.23. The Morgan fingerprint density at radius 2 is 2.00 bits per heavy atom. The molecule has 0 N–H and O–H groups in total. The van der Waals surface area contributed by atoms with E-state index in [-0.39, 0.29) is 27.7 Å². The molecule has 1 aliphatic carbocycles. The molecule has 3 heterocycles. The highest BCUT2D eigenvalue weighted by Gasteiger charge is 2.46. The summed E-state index contributed by atoms with van der Waals surface area (Å²) in [5.74, 6) is -0.197. The van der Waals surface area contributed by atoms with Crippen LogP contribution in [0.25, 0.3) is 17.0 Å². The highest BCUT2D eigenvalue weighted by Crippen LogP contribution is 2.48. The first kappa shape index (κ1) is 19.3. The van der Waals surface area contributed by atoms with Gasteiger partial charge in [-0.25, -0.2) is 18.4 Å². The number of imidazole rings is 1. The van der Waals surface area contributed by atoms with Crippen molar-refractivity contribution in [1.82, 2.24) is 19.4 Å². The van der Waals surface area contributed by atoms with Crippen LogP contribution in [0, 0.1) is 11.3 Å². The van der Waals surface area contributed by atoms with Crippen LogP contribution < -0.4 is 0 Å². The monoisotopic (exact) mass is 421 g/mol. The molecule has 1 fully saturated rings. The number of sulfone groups is 1. The van der Waals surface area contributed by atoms with Gasteiger partial charge in [0.25, 0.3) is 0 Å². The minimum absolute atomic E-state index is 0.0293. The van der Waals surface area contributed by atoms with E-state index in [9.17, 15) is 26.9 Å². The van der Waals surface area contributed by atoms with Crippen LogP contribution in [0.1, 0.15) is 31.0 Å². The number of nitriles is 1. The van der Waals surface area contributed by atoms with Crippen molar-refractivity contribution >= 4 is 15.5 Å². The molecule has 0 spiro atoms. The van der Waals surface area contributed by atoms with Gasteiger partial charge in [0.2, 0.25) is 0 Å². The normalized spacial score (nSPS) is 16.0. The molecule has 150 valence electrons. The molecular weight excluding hydrogens is 407 g/mol. The zero-order chi connectivity index (χ0) is 21.0. The SMILES string of the molecule is CCS(=O)(=O)c1cc(C2(C#N)CC2)cnc1-c1cn2cnc(C(F)(F)F)cc2n1. The second-order valence-corrected chi connectivity index (χ2v) is 9.08. The molecule has 7 nitrogen and oxygen atoms in total. The highest BCUT2D eigenvalue weighted by atomic mass is 32.2. The maximum absolute atomic E-state index is 12.9. The molecule has 0 saturated heterocycles. The molecule has 11 heteroatoms. The maximum Gasteiger partial charge on any atom is 0.433 e. The Morgan fingerprint density at radius 1 is 1.28 bits per heavy atom. The second kappa shape index (κ2) is 6.25. The Kier molecular flexibility index (Phi) is 4.16. The van der Waals surface area contributed by atoms with Crippen molar-refractivity contribution in [2.75, 3.05) is 5.75 Å². The van der Waals surface area contributed by atoms with E-state index in [1.165, 1.54) is 29.8 Å². The summed E-state index contributed by atoms with van der Waals surface area (Å²) >= 11 is 0. The molecule has 0 radical (unpaired) electrons. The summed E-state index contributed by atoms with van der Waals surface area (Å²) < 4.78 is 65.3. The third-order valence-corrected chi connectivity index (χ3v) is 6.71. The Hall–Kier alpha value is -3.00. The Labute approximate surface area is 163 Å². The van der Waals surface area contributed by atoms with Gasteiger partial charge < -0.3 is 0 Å². The molecule has 0 bridgehead atoms. The fourth-order valence-electron chi connectivity index (χ4n) is 3.04. The van der Waals surface area contributed by atoms with E-state index in [1.807, 2.05) is 0 Å². The van der Waals surface area contributed by atoms with Gasteiger partial charge in [0, 0.05) is 18.5 Å². The van der Waals surface area contributed by atoms with Gasteiger partial charge in [0.15, 0.2) is 9.84 Å². The van der Waals surface area contributed by atoms with Crippen molar-refractivity contribution in [2.24, 2.45) is 0 Å². The van der Waals surface area contributed by atoms with Crippen LogP contribution in [0.3, 0.4) is 0 Å². The van der Waals surface area contributed by atoms with E-state index >= 15 is 0 Å². The van der Waals surface area contributed by atoms with Crippen molar-refractivity contribution in [3.8, 4) is 17.5 Å². The minimum atomic E-state index is -4.62. The maximum atomic E-state index is 12.9. The number of nitrogens with zero attached hydrogens (tertiary/aromatic N) is 5. The van der Waals surface area contributed by atoms with Crippen molar-refractivity contribution in [3.05, 3.63) is 42.1 Å².